The first-order chi connectivity index (χ1) is 12.9. The van der Waals surface area contributed by atoms with Crippen molar-refractivity contribution in [3.05, 3.63) is 69.6 Å². The highest BCUT2D eigenvalue weighted by atomic mass is 35.5. The summed E-state index contributed by atoms with van der Waals surface area (Å²) in [5, 5.41) is 0.251. The lowest BCUT2D eigenvalue weighted by atomic mass is 10.2. The van der Waals surface area contributed by atoms with Gasteiger partial charge in [0.25, 0.3) is 11.1 Å². The van der Waals surface area contributed by atoms with Crippen LogP contribution in [-0.2, 0) is 11.3 Å². The molecule has 0 aliphatic carbocycles. The van der Waals surface area contributed by atoms with Crippen LogP contribution in [0.4, 0.5) is 4.79 Å². The maximum atomic E-state index is 12.6. The molecule has 0 unspecified atom stereocenters. The van der Waals surface area contributed by atoms with E-state index in [4.69, 9.17) is 16.3 Å². The average molecular weight is 402 g/mol. The number of imide groups is 1. The molecule has 1 fully saturated rings. The number of benzene rings is 2. The van der Waals surface area contributed by atoms with Gasteiger partial charge in [-0.3, -0.25) is 14.5 Å². The van der Waals surface area contributed by atoms with Crippen LogP contribution in [0.25, 0.3) is 6.08 Å². The number of ether oxygens (including phenoxy) is 1. The summed E-state index contributed by atoms with van der Waals surface area (Å²) in [7, 11) is 0. The first-order valence-corrected chi connectivity index (χ1v) is 9.85. The molecule has 140 valence electrons. The van der Waals surface area contributed by atoms with Gasteiger partial charge in [0, 0.05) is 5.02 Å². The maximum Gasteiger partial charge on any atom is 0.293 e. The number of nitrogens with zero attached hydrogens (tertiary/aromatic N) is 1. The van der Waals surface area contributed by atoms with Crippen LogP contribution < -0.4 is 4.74 Å². The fraction of sp³-hybridized carbons (Fsp3) is 0.238. The molecular formula is C21H20ClNO3S. The Morgan fingerprint density at radius 3 is 2.48 bits per heavy atom. The number of halogens is 1. The van der Waals surface area contributed by atoms with Gasteiger partial charge in [-0.25, -0.2) is 0 Å². The fourth-order valence-corrected chi connectivity index (χ4v) is 3.54. The first kappa shape index (κ1) is 19.5. The summed E-state index contributed by atoms with van der Waals surface area (Å²) < 4.78 is 5.66. The molecule has 0 aromatic heterocycles. The van der Waals surface area contributed by atoms with E-state index in [9.17, 15) is 9.59 Å². The lowest BCUT2D eigenvalue weighted by Gasteiger charge is -2.13. The van der Waals surface area contributed by atoms with Crippen molar-refractivity contribution >= 4 is 40.6 Å². The van der Waals surface area contributed by atoms with Crippen LogP contribution in [0.3, 0.4) is 0 Å². The minimum atomic E-state index is -0.301. The van der Waals surface area contributed by atoms with Crippen LogP contribution in [0.2, 0.25) is 5.02 Å². The highest BCUT2D eigenvalue weighted by molar-refractivity contribution is 8.18. The van der Waals surface area contributed by atoms with Gasteiger partial charge >= 0.3 is 0 Å². The van der Waals surface area contributed by atoms with Crippen molar-refractivity contribution in [1.29, 1.82) is 0 Å². The van der Waals surface area contributed by atoms with E-state index in [1.807, 2.05) is 42.5 Å². The van der Waals surface area contributed by atoms with Gasteiger partial charge in [0.05, 0.1) is 18.1 Å². The summed E-state index contributed by atoms with van der Waals surface area (Å²) in [6, 6.07) is 14.7. The standard InChI is InChI=1S/C21H20ClNO3S/c1-14(2)13-26-17-9-7-15(8-10-17)11-19-20(24)23(21(25)27-19)12-16-5-3-4-6-18(16)22/h3-11,14H,12-13H2,1-2H3/b19-11-. The number of hydrogen-bond acceptors (Lipinski definition) is 4. The monoisotopic (exact) mass is 401 g/mol. The zero-order valence-electron chi connectivity index (χ0n) is 15.1. The molecule has 0 bridgehead atoms. The van der Waals surface area contributed by atoms with Crippen LogP contribution in [0.1, 0.15) is 25.0 Å². The van der Waals surface area contributed by atoms with Crippen molar-refractivity contribution in [1.82, 2.24) is 4.90 Å². The second kappa shape index (κ2) is 8.63. The zero-order valence-corrected chi connectivity index (χ0v) is 16.7. The van der Waals surface area contributed by atoms with Crippen molar-refractivity contribution in [2.45, 2.75) is 20.4 Å². The quantitative estimate of drug-likeness (QED) is 0.590. The number of hydrogen-bond donors (Lipinski definition) is 0. The number of rotatable bonds is 6. The molecule has 0 atom stereocenters. The van der Waals surface area contributed by atoms with Gasteiger partial charge in [0.2, 0.25) is 0 Å². The van der Waals surface area contributed by atoms with E-state index < -0.39 is 0 Å². The summed E-state index contributed by atoms with van der Waals surface area (Å²) in [5.41, 5.74) is 1.59. The third-order valence-corrected chi connectivity index (χ3v) is 5.20. The van der Waals surface area contributed by atoms with Crippen LogP contribution in [0, 0.1) is 5.92 Å². The SMILES string of the molecule is CC(C)COc1ccc(/C=C2\SC(=O)N(Cc3ccccc3Cl)C2=O)cc1. The molecule has 6 heteroatoms. The van der Waals surface area contributed by atoms with Crippen molar-refractivity contribution in [3.63, 3.8) is 0 Å². The van der Waals surface area contributed by atoms with Crippen LogP contribution >= 0.6 is 23.4 Å². The van der Waals surface area contributed by atoms with Crippen LogP contribution in [0.5, 0.6) is 5.75 Å². The number of carbonyl (C=O) groups excluding carboxylic acids is 2. The summed E-state index contributed by atoms with van der Waals surface area (Å²) in [6.45, 7) is 5.00. The second-order valence-corrected chi connectivity index (χ2v) is 8.03. The van der Waals surface area contributed by atoms with E-state index in [1.54, 1.807) is 12.1 Å². The van der Waals surface area contributed by atoms with Gasteiger partial charge in [0.1, 0.15) is 5.75 Å². The van der Waals surface area contributed by atoms with E-state index in [2.05, 4.69) is 13.8 Å². The van der Waals surface area contributed by atoms with Gasteiger partial charge < -0.3 is 4.74 Å². The number of amides is 2. The number of carbonyl (C=O) groups is 2. The second-order valence-electron chi connectivity index (χ2n) is 6.63. The third kappa shape index (κ3) is 4.93. The molecule has 1 saturated heterocycles. The Kier molecular flexibility index (Phi) is 6.24. The molecule has 2 aromatic carbocycles. The predicted molar refractivity (Wildman–Crippen MR) is 110 cm³/mol. The number of thioether (sulfide) groups is 1. The largest absolute Gasteiger partial charge is 0.493 e. The third-order valence-electron chi connectivity index (χ3n) is 3.92. The lowest BCUT2D eigenvalue weighted by Crippen LogP contribution is -2.27. The molecule has 0 saturated carbocycles. The molecular weight excluding hydrogens is 382 g/mol. The average Bonchev–Trinajstić information content (AvgIpc) is 2.90. The summed E-state index contributed by atoms with van der Waals surface area (Å²) in [5.74, 6) is 0.937. The van der Waals surface area contributed by atoms with E-state index in [1.165, 1.54) is 4.90 Å². The minimum absolute atomic E-state index is 0.170. The van der Waals surface area contributed by atoms with Crippen molar-refractivity contribution < 1.29 is 14.3 Å². The van der Waals surface area contributed by atoms with Crippen LogP contribution in [-0.4, -0.2) is 22.7 Å². The van der Waals surface area contributed by atoms with Crippen molar-refractivity contribution in [3.8, 4) is 5.75 Å². The summed E-state index contributed by atoms with van der Waals surface area (Å²) in [4.78, 5) is 26.5. The van der Waals surface area contributed by atoms with Gasteiger partial charge in [-0.15, -0.1) is 0 Å². The van der Waals surface area contributed by atoms with E-state index in [0.717, 1.165) is 28.6 Å². The molecule has 1 aliphatic heterocycles. The highest BCUT2D eigenvalue weighted by Crippen LogP contribution is 2.34. The first-order valence-electron chi connectivity index (χ1n) is 8.65. The molecule has 1 aliphatic rings. The topological polar surface area (TPSA) is 46.6 Å². The molecule has 3 rings (SSSR count). The van der Waals surface area contributed by atoms with Crippen molar-refractivity contribution in [2.75, 3.05) is 6.61 Å². The predicted octanol–water partition coefficient (Wildman–Crippen LogP) is 5.61. The van der Waals surface area contributed by atoms with Gasteiger partial charge in [-0.2, -0.15) is 0 Å². The Bertz CT molecular complexity index is 877. The molecule has 0 N–H and O–H groups in total. The van der Waals surface area contributed by atoms with Gasteiger partial charge in [-0.1, -0.05) is 55.8 Å². The Morgan fingerprint density at radius 1 is 1.11 bits per heavy atom. The summed E-state index contributed by atoms with van der Waals surface area (Å²) >= 11 is 7.09. The Morgan fingerprint density at radius 2 is 1.81 bits per heavy atom. The minimum Gasteiger partial charge on any atom is -0.493 e. The summed E-state index contributed by atoms with van der Waals surface area (Å²) in [6.07, 6.45) is 1.73. The van der Waals surface area contributed by atoms with Gasteiger partial charge in [-0.05, 0) is 53.1 Å². The molecule has 2 aromatic rings. The molecule has 4 nitrogen and oxygen atoms in total. The van der Waals surface area contributed by atoms with Gasteiger partial charge in [0.15, 0.2) is 0 Å². The molecule has 0 radical (unpaired) electrons. The normalized spacial score (nSPS) is 15.9. The zero-order chi connectivity index (χ0) is 19.4. The molecule has 1 heterocycles. The fourth-order valence-electron chi connectivity index (χ4n) is 2.51. The maximum absolute atomic E-state index is 12.6. The lowest BCUT2D eigenvalue weighted by molar-refractivity contribution is -0.123. The smallest absolute Gasteiger partial charge is 0.293 e. The van der Waals surface area contributed by atoms with E-state index in [0.29, 0.717) is 22.5 Å². The van der Waals surface area contributed by atoms with E-state index in [-0.39, 0.29) is 17.7 Å². The highest BCUT2D eigenvalue weighted by Gasteiger charge is 2.35. The Balaban J connectivity index is 1.71. The van der Waals surface area contributed by atoms with E-state index >= 15 is 0 Å². The Hall–Kier alpha value is -2.24. The molecule has 2 amide bonds. The van der Waals surface area contributed by atoms with Crippen molar-refractivity contribution in [2.24, 2.45) is 5.92 Å². The molecule has 27 heavy (non-hydrogen) atoms. The van der Waals surface area contributed by atoms with Crippen LogP contribution in [0.15, 0.2) is 53.4 Å². The molecule has 0 spiro atoms. The Labute approximate surface area is 168 Å².